The minimum absolute atomic E-state index is 0.0359. The zero-order valence-electron chi connectivity index (χ0n) is 8.76. The van der Waals surface area contributed by atoms with Crippen molar-refractivity contribution in [3.63, 3.8) is 0 Å². The van der Waals surface area contributed by atoms with E-state index in [9.17, 15) is 14.7 Å². The zero-order valence-corrected chi connectivity index (χ0v) is 9.65. The lowest BCUT2D eigenvalue weighted by molar-refractivity contribution is -0.383. The Kier molecular flexibility index (Phi) is 4.48. The maximum atomic E-state index is 10.5. The number of nitro benzene ring substituents is 1. The van der Waals surface area contributed by atoms with E-state index in [-0.39, 0.29) is 5.69 Å². The summed E-state index contributed by atoms with van der Waals surface area (Å²) in [5.41, 5.74) is 1.13. The summed E-state index contributed by atoms with van der Waals surface area (Å²) in [5, 5.41) is 10.5. The second-order valence-corrected chi connectivity index (χ2v) is 4.12. The molecule has 0 radical (unpaired) electrons. The highest BCUT2D eigenvalue weighted by Gasteiger charge is 2.12. The lowest BCUT2D eigenvalue weighted by atomic mass is 10.3. The van der Waals surface area contributed by atoms with Gasteiger partial charge in [0.05, 0.1) is 16.8 Å². The van der Waals surface area contributed by atoms with Crippen molar-refractivity contribution < 1.29 is 23.9 Å². The molecule has 0 aliphatic carbocycles. The summed E-state index contributed by atoms with van der Waals surface area (Å²) in [6.07, 6.45) is 1.44. The maximum absolute atomic E-state index is 10.5. The third-order valence-corrected chi connectivity index (χ3v) is 2.04. The molecule has 18 heavy (non-hydrogen) atoms. The molecule has 0 saturated heterocycles. The van der Waals surface area contributed by atoms with Crippen LogP contribution in [0.2, 0.25) is 0 Å². The van der Waals surface area contributed by atoms with Gasteiger partial charge in [-0.2, -0.15) is 0 Å². The Morgan fingerprint density at radius 3 is 2.61 bits per heavy atom. The van der Waals surface area contributed by atoms with Crippen LogP contribution in [0.4, 0.5) is 5.69 Å². The molecule has 0 aliphatic rings. The first-order valence-corrected chi connectivity index (χ1v) is 5.88. The second-order valence-electron chi connectivity index (χ2n) is 2.93. The predicted molar refractivity (Wildman–Crippen MR) is 60.1 cm³/mol. The number of rotatable bonds is 2. The van der Waals surface area contributed by atoms with Crippen molar-refractivity contribution in [1.82, 2.24) is 9.97 Å². The number of nitrogens with two attached hydrogens (primary N) is 1. The molecule has 0 bridgehead atoms. The van der Waals surface area contributed by atoms with Crippen LogP contribution in [0.5, 0.6) is 0 Å². The number of H-pyrrole nitrogens is 1. The van der Waals surface area contributed by atoms with E-state index < -0.39 is 12.7 Å². The Bertz CT molecular complexity index is 592. The van der Waals surface area contributed by atoms with Crippen LogP contribution >= 0.6 is 7.82 Å². The molecule has 0 saturated carbocycles. The molecule has 1 heterocycles. The van der Waals surface area contributed by atoms with E-state index in [2.05, 4.69) is 20.5 Å². The SMILES string of the molecule is NOP(=O)(O)O.O=[N+]([O-])c1cccc2[nH]cnc12. The summed E-state index contributed by atoms with van der Waals surface area (Å²) in [5.74, 6) is 4.04. The quantitative estimate of drug-likeness (QED) is 0.348. The van der Waals surface area contributed by atoms with Gasteiger partial charge in [0.1, 0.15) is 0 Å². The molecule has 0 aliphatic heterocycles. The highest BCUT2D eigenvalue weighted by atomic mass is 31.2. The molecule has 1 aromatic carbocycles. The van der Waals surface area contributed by atoms with E-state index in [4.69, 9.17) is 9.79 Å². The lowest BCUT2D eigenvalue weighted by Crippen LogP contribution is -1.93. The molecule has 5 N–H and O–H groups in total. The number of fused-ring (bicyclic) bond motifs is 1. The fourth-order valence-electron chi connectivity index (χ4n) is 1.10. The first kappa shape index (κ1) is 14.2. The third-order valence-electron chi connectivity index (χ3n) is 1.76. The van der Waals surface area contributed by atoms with Crippen LogP contribution in [0, 0.1) is 10.1 Å². The molecule has 10 nitrogen and oxygen atoms in total. The third kappa shape index (κ3) is 3.87. The number of aromatic nitrogens is 2. The number of benzene rings is 1. The highest BCUT2D eigenvalue weighted by molar-refractivity contribution is 7.46. The highest BCUT2D eigenvalue weighted by Crippen LogP contribution is 2.32. The molecular weight excluding hydrogens is 267 g/mol. The van der Waals surface area contributed by atoms with Gasteiger partial charge in [0.25, 0.3) is 5.69 Å². The molecule has 0 spiro atoms. The second kappa shape index (κ2) is 5.67. The van der Waals surface area contributed by atoms with Crippen LogP contribution in [0.1, 0.15) is 0 Å². The number of imidazole rings is 1. The number of phosphoric acid groups is 1. The number of non-ortho nitro benzene ring substituents is 1. The smallest absolute Gasteiger partial charge is 0.344 e. The molecule has 98 valence electrons. The number of nitrogens with zero attached hydrogens (tertiary/aromatic N) is 2. The summed E-state index contributed by atoms with van der Waals surface area (Å²) in [7, 11) is -4.37. The Morgan fingerprint density at radius 1 is 1.50 bits per heavy atom. The summed E-state index contributed by atoms with van der Waals surface area (Å²) in [6, 6.07) is 4.80. The molecule has 0 amide bonds. The molecule has 2 rings (SSSR count). The van der Waals surface area contributed by atoms with Crippen LogP contribution < -0.4 is 5.90 Å². The monoisotopic (exact) mass is 276 g/mol. The van der Waals surface area contributed by atoms with Crippen LogP contribution in [0.15, 0.2) is 24.5 Å². The van der Waals surface area contributed by atoms with Gasteiger partial charge in [0.15, 0.2) is 5.52 Å². The van der Waals surface area contributed by atoms with E-state index in [1.807, 2.05) is 0 Å². The van der Waals surface area contributed by atoms with Crippen molar-refractivity contribution in [3.05, 3.63) is 34.6 Å². The first-order chi connectivity index (χ1) is 8.35. The van der Waals surface area contributed by atoms with E-state index in [1.165, 1.54) is 12.4 Å². The number of hydrogen-bond acceptors (Lipinski definition) is 6. The number of aromatic amines is 1. The Hall–Kier alpha value is -1.84. The fourth-order valence-corrected chi connectivity index (χ4v) is 1.10. The van der Waals surface area contributed by atoms with Crippen molar-refractivity contribution in [1.29, 1.82) is 0 Å². The maximum Gasteiger partial charge on any atom is 0.485 e. The molecule has 11 heteroatoms. The zero-order chi connectivity index (χ0) is 13.8. The van der Waals surface area contributed by atoms with Gasteiger partial charge in [-0.05, 0) is 6.07 Å². The van der Waals surface area contributed by atoms with Gasteiger partial charge in [0.2, 0.25) is 0 Å². The van der Waals surface area contributed by atoms with Gasteiger partial charge in [-0.3, -0.25) is 10.1 Å². The minimum Gasteiger partial charge on any atom is -0.344 e. The van der Waals surface area contributed by atoms with E-state index in [0.29, 0.717) is 11.0 Å². The Labute approximate surface area is 99.7 Å². The minimum atomic E-state index is -4.37. The summed E-state index contributed by atoms with van der Waals surface area (Å²) in [6.45, 7) is 0. The van der Waals surface area contributed by atoms with Crippen LogP contribution in [0.3, 0.4) is 0 Å². The molecular formula is C7H9N4O6P. The number of nitrogens with one attached hydrogen (secondary N) is 1. The van der Waals surface area contributed by atoms with Crippen molar-refractivity contribution >= 4 is 24.5 Å². The number of para-hydroxylation sites is 1. The van der Waals surface area contributed by atoms with Gasteiger partial charge in [-0.1, -0.05) is 6.07 Å². The number of hydrogen-bond donors (Lipinski definition) is 4. The average molecular weight is 276 g/mol. The molecule has 0 fully saturated rings. The van der Waals surface area contributed by atoms with Crippen molar-refractivity contribution in [2.24, 2.45) is 5.90 Å². The normalized spacial score (nSPS) is 10.8. The van der Waals surface area contributed by atoms with Crippen molar-refractivity contribution in [2.75, 3.05) is 0 Å². The lowest BCUT2D eigenvalue weighted by Gasteiger charge is -1.92. The van der Waals surface area contributed by atoms with Crippen LogP contribution in [0.25, 0.3) is 11.0 Å². The molecule has 2 aromatic rings. The van der Waals surface area contributed by atoms with Gasteiger partial charge < -0.3 is 14.8 Å². The summed E-state index contributed by atoms with van der Waals surface area (Å²) >= 11 is 0. The topological polar surface area (TPSA) is 165 Å². The standard InChI is InChI=1S/C7H5N3O2.H4NO4P/c11-10(12)6-3-1-2-5-7(6)9-4-8-5;1-5-6(2,3)4/h1-4H,(H,8,9);1H2,(H2,2,3,4). The first-order valence-electron chi connectivity index (χ1n) is 4.35. The van der Waals surface area contributed by atoms with Crippen molar-refractivity contribution in [3.8, 4) is 0 Å². The largest absolute Gasteiger partial charge is 0.485 e. The average Bonchev–Trinajstić information content (AvgIpc) is 2.76. The van der Waals surface area contributed by atoms with Gasteiger partial charge in [0, 0.05) is 6.07 Å². The van der Waals surface area contributed by atoms with E-state index in [1.54, 1.807) is 12.1 Å². The predicted octanol–water partition coefficient (Wildman–Crippen LogP) is 0.441. The Balaban J connectivity index is 0.000000232. The van der Waals surface area contributed by atoms with Crippen LogP contribution in [-0.4, -0.2) is 24.7 Å². The Morgan fingerprint density at radius 2 is 2.11 bits per heavy atom. The number of nitro groups is 1. The van der Waals surface area contributed by atoms with Gasteiger partial charge in [-0.25, -0.2) is 20.1 Å². The van der Waals surface area contributed by atoms with E-state index in [0.717, 1.165) is 0 Å². The van der Waals surface area contributed by atoms with Gasteiger partial charge in [-0.15, -0.1) is 0 Å². The van der Waals surface area contributed by atoms with E-state index >= 15 is 0 Å². The molecule has 1 aromatic heterocycles. The van der Waals surface area contributed by atoms with Gasteiger partial charge >= 0.3 is 7.82 Å². The summed E-state index contributed by atoms with van der Waals surface area (Å²) in [4.78, 5) is 31.8. The van der Waals surface area contributed by atoms with Crippen molar-refractivity contribution in [2.45, 2.75) is 0 Å². The molecule has 0 unspecified atom stereocenters. The fraction of sp³-hybridized carbons (Fsp3) is 0. The summed E-state index contributed by atoms with van der Waals surface area (Å²) < 4.78 is 12.5. The molecule has 0 atom stereocenters. The van der Waals surface area contributed by atoms with Crippen LogP contribution in [-0.2, 0) is 9.19 Å².